The van der Waals surface area contributed by atoms with Crippen molar-refractivity contribution in [3.63, 3.8) is 0 Å². The van der Waals surface area contributed by atoms with Crippen LogP contribution in [0.25, 0.3) is 0 Å². The fourth-order valence-corrected chi connectivity index (χ4v) is 1.54. The first-order valence-corrected chi connectivity index (χ1v) is 8.73. The predicted octanol–water partition coefficient (Wildman–Crippen LogP) is 3.07. The van der Waals surface area contributed by atoms with Gasteiger partial charge in [-0.1, -0.05) is 0 Å². The molecule has 0 aromatic heterocycles. The van der Waals surface area contributed by atoms with Gasteiger partial charge in [0.1, 0.15) is 5.60 Å². The first-order chi connectivity index (χ1) is 7.14. The normalized spacial score (nSPS) is 13.6. The fourth-order valence-electron chi connectivity index (χ4n) is 0.843. The minimum atomic E-state index is -1.69. The first kappa shape index (κ1) is 15.3. The van der Waals surface area contributed by atoms with E-state index in [1.807, 2.05) is 20.8 Å². The van der Waals surface area contributed by atoms with Gasteiger partial charge in [0.25, 0.3) is 0 Å². The van der Waals surface area contributed by atoms with Gasteiger partial charge in [0.15, 0.2) is 13.1 Å². The van der Waals surface area contributed by atoms with Gasteiger partial charge in [-0.15, -0.1) is 0 Å². The molecule has 0 unspecified atom stereocenters. The van der Waals surface area contributed by atoms with E-state index in [2.05, 4.69) is 19.6 Å². The second-order valence-electron chi connectivity index (χ2n) is 5.44. The quantitative estimate of drug-likeness (QED) is 0.313. The Hall–Kier alpha value is -0.683. The summed E-state index contributed by atoms with van der Waals surface area (Å²) in [6.45, 7) is 12.3. The molecule has 4 nitrogen and oxygen atoms in total. The third kappa shape index (κ3) is 9.86. The zero-order valence-corrected chi connectivity index (χ0v) is 12.4. The van der Waals surface area contributed by atoms with E-state index in [-0.39, 0.29) is 12.4 Å². The Balaban J connectivity index is 4.45. The highest BCUT2D eigenvalue weighted by Crippen LogP contribution is 2.18. The van der Waals surface area contributed by atoms with Gasteiger partial charge in [-0.25, -0.2) is 0 Å². The summed E-state index contributed by atoms with van der Waals surface area (Å²) >= 11 is 0. The highest BCUT2D eigenvalue weighted by molar-refractivity contribution is 6.69. The van der Waals surface area contributed by atoms with Crippen molar-refractivity contribution in [3.8, 4) is 0 Å². The second kappa shape index (κ2) is 6.15. The van der Waals surface area contributed by atoms with Crippen molar-refractivity contribution in [1.82, 2.24) is 0 Å². The highest BCUT2D eigenvalue weighted by Gasteiger charge is 2.22. The lowest BCUT2D eigenvalue weighted by Crippen LogP contribution is -2.29. The molecule has 0 aromatic carbocycles. The molecule has 5 heteroatoms. The van der Waals surface area contributed by atoms with Crippen LogP contribution in [-0.4, -0.2) is 27.8 Å². The largest absolute Gasteiger partial charge is 0.518 e. The lowest BCUT2D eigenvalue weighted by Gasteiger charge is -2.27. The van der Waals surface area contributed by atoms with Gasteiger partial charge in [0.2, 0.25) is 8.32 Å². The van der Waals surface area contributed by atoms with E-state index in [4.69, 9.17) is 18.6 Å². The molecule has 0 spiro atoms. The number of hydrogen-bond acceptors (Lipinski definition) is 4. The monoisotopic (exact) mass is 248 g/mol. The fraction of sp³-hybridized carbons (Fsp3) is 0.818. The van der Waals surface area contributed by atoms with Gasteiger partial charge in [0, 0.05) is 7.11 Å². The third-order valence-electron chi connectivity index (χ3n) is 1.18. The molecular formula is C11H24O4Si. The van der Waals surface area contributed by atoms with Crippen LogP contribution in [0.4, 0.5) is 0 Å². The van der Waals surface area contributed by atoms with Crippen LogP contribution in [0, 0.1) is 0 Å². The minimum absolute atomic E-state index is 0.187. The van der Waals surface area contributed by atoms with Gasteiger partial charge in [-0.05, 0) is 40.4 Å². The topological polar surface area (TPSA) is 36.9 Å². The van der Waals surface area contributed by atoms with Crippen LogP contribution in [0.15, 0.2) is 12.2 Å². The summed E-state index contributed by atoms with van der Waals surface area (Å²) in [7, 11) is -0.127. The third-order valence-corrected chi connectivity index (χ3v) is 1.99. The van der Waals surface area contributed by atoms with Crippen molar-refractivity contribution in [2.45, 2.75) is 46.0 Å². The molecule has 16 heavy (non-hydrogen) atoms. The Morgan fingerprint density at radius 2 is 1.75 bits per heavy atom. The van der Waals surface area contributed by atoms with Crippen LogP contribution < -0.4 is 0 Å². The van der Waals surface area contributed by atoms with Crippen molar-refractivity contribution < 1.29 is 18.6 Å². The highest BCUT2D eigenvalue weighted by atomic mass is 28.4. The predicted molar refractivity (Wildman–Crippen MR) is 66.3 cm³/mol. The summed E-state index contributed by atoms with van der Waals surface area (Å²) < 4.78 is 21.3. The minimum Gasteiger partial charge on any atom is -0.518 e. The molecule has 0 aromatic rings. The number of rotatable bonds is 6. The maximum absolute atomic E-state index is 5.76. The van der Waals surface area contributed by atoms with Crippen molar-refractivity contribution in [1.29, 1.82) is 0 Å². The van der Waals surface area contributed by atoms with E-state index in [0.717, 1.165) is 0 Å². The lowest BCUT2D eigenvalue weighted by molar-refractivity contribution is -0.0332. The zero-order chi connectivity index (χ0) is 12.8. The van der Waals surface area contributed by atoms with E-state index in [9.17, 15) is 0 Å². The smallest absolute Gasteiger partial charge is 0.302 e. The number of hydrogen-bond donors (Lipinski definition) is 0. The molecule has 0 saturated heterocycles. The average Bonchev–Trinajstić information content (AvgIpc) is 1.97. The van der Waals surface area contributed by atoms with Crippen LogP contribution >= 0.6 is 0 Å². The van der Waals surface area contributed by atoms with Gasteiger partial charge in [0.05, 0.1) is 0 Å². The molecule has 0 N–H and O–H groups in total. The molecule has 0 saturated carbocycles. The van der Waals surface area contributed by atoms with E-state index in [0.29, 0.717) is 5.95 Å². The summed E-state index contributed by atoms with van der Waals surface area (Å²) in [6.07, 6.45) is 1.47. The molecule has 0 radical (unpaired) electrons. The van der Waals surface area contributed by atoms with E-state index >= 15 is 0 Å². The molecule has 0 heterocycles. The molecule has 0 aliphatic rings. The van der Waals surface area contributed by atoms with Crippen LogP contribution in [0.1, 0.15) is 20.8 Å². The summed E-state index contributed by atoms with van der Waals surface area (Å²) in [5, 5.41) is 0. The molecule has 0 atom stereocenters. The molecule has 0 aliphatic carbocycles. The Morgan fingerprint density at radius 1 is 1.19 bits per heavy atom. The van der Waals surface area contributed by atoms with Crippen molar-refractivity contribution in [2.75, 3.05) is 13.9 Å². The molecule has 0 amide bonds. The molecule has 0 bridgehead atoms. The van der Waals surface area contributed by atoms with Crippen LogP contribution in [0.2, 0.25) is 19.6 Å². The number of methoxy groups -OCH3 is 1. The first-order valence-electron chi connectivity index (χ1n) is 5.33. The summed E-state index contributed by atoms with van der Waals surface area (Å²) in [5.74, 6) is 0.420. The van der Waals surface area contributed by atoms with E-state index in [1.165, 1.54) is 6.26 Å². The summed E-state index contributed by atoms with van der Waals surface area (Å²) in [4.78, 5) is 0. The van der Waals surface area contributed by atoms with E-state index in [1.54, 1.807) is 7.11 Å². The summed E-state index contributed by atoms with van der Waals surface area (Å²) in [5.41, 5.74) is -0.304. The zero-order valence-electron chi connectivity index (χ0n) is 11.4. The Bertz CT molecular complexity index is 207. The second-order valence-corrected chi connectivity index (χ2v) is 9.87. The van der Waals surface area contributed by atoms with Crippen LogP contribution in [0.3, 0.4) is 0 Å². The Morgan fingerprint density at radius 3 is 2.12 bits per heavy atom. The SMILES string of the molecule is COCO/C=C(/OC(C)(C)C)O[Si](C)(C)C. The maximum atomic E-state index is 5.76. The molecule has 0 fully saturated rings. The molecule has 0 aliphatic heterocycles. The van der Waals surface area contributed by atoms with Gasteiger partial charge >= 0.3 is 5.95 Å². The molecule has 96 valence electrons. The average molecular weight is 248 g/mol. The van der Waals surface area contributed by atoms with Gasteiger partial charge in [-0.3, -0.25) is 0 Å². The lowest BCUT2D eigenvalue weighted by atomic mass is 10.2. The number of ether oxygens (including phenoxy) is 3. The molecular weight excluding hydrogens is 224 g/mol. The van der Waals surface area contributed by atoms with Gasteiger partial charge in [-0.2, -0.15) is 0 Å². The van der Waals surface area contributed by atoms with Gasteiger partial charge < -0.3 is 18.6 Å². The van der Waals surface area contributed by atoms with Crippen molar-refractivity contribution in [3.05, 3.63) is 12.2 Å². The van der Waals surface area contributed by atoms with E-state index < -0.39 is 8.32 Å². The maximum Gasteiger partial charge on any atom is 0.302 e. The van der Waals surface area contributed by atoms with Crippen molar-refractivity contribution in [2.24, 2.45) is 0 Å². The Labute approximate surface area is 99.7 Å². The van der Waals surface area contributed by atoms with Crippen LogP contribution in [0.5, 0.6) is 0 Å². The standard InChI is InChI=1S/C11H24O4Si/c1-11(2,3)14-10(8-13-9-12-4)15-16(5,6)7/h8H,9H2,1-7H3/b10-8-. The summed E-state index contributed by atoms with van der Waals surface area (Å²) in [6, 6.07) is 0. The Kier molecular flexibility index (Phi) is 5.89. The molecule has 0 rings (SSSR count). The van der Waals surface area contributed by atoms with Crippen molar-refractivity contribution >= 4 is 8.32 Å². The van der Waals surface area contributed by atoms with Crippen LogP contribution in [-0.2, 0) is 18.6 Å².